The second-order valence-electron chi connectivity index (χ2n) is 4.73. The van der Waals surface area contributed by atoms with Gasteiger partial charge in [0.05, 0.1) is 0 Å². The lowest BCUT2D eigenvalue weighted by molar-refractivity contribution is 0.318. The van der Waals surface area contributed by atoms with Crippen molar-refractivity contribution >= 4 is 17.6 Å². The molecule has 6 heteroatoms. The van der Waals surface area contributed by atoms with Gasteiger partial charge < -0.3 is 16.3 Å². The van der Waals surface area contributed by atoms with Gasteiger partial charge in [-0.25, -0.2) is 0 Å². The Labute approximate surface area is 117 Å². The standard InChI is InChI=1S/C13H20N4OS/c1-19-12-4-2-3-10(12)16-8-9-5-6-15-11(7-9)13(14)17-18/h5-7,10,12,16,18H,2-4,8H2,1H3,(H2,14,17). The zero-order chi connectivity index (χ0) is 13.7. The first-order chi connectivity index (χ1) is 9.24. The number of nitrogens with zero attached hydrogens (tertiary/aromatic N) is 2. The van der Waals surface area contributed by atoms with E-state index in [1.54, 1.807) is 6.20 Å². The van der Waals surface area contributed by atoms with Crippen molar-refractivity contribution in [1.29, 1.82) is 0 Å². The predicted molar refractivity (Wildman–Crippen MR) is 78.5 cm³/mol. The van der Waals surface area contributed by atoms with Crippen LogP contribution >= 0.6 is 11.8 Å². The Morgan fingerprint density at radius 2 is 2.47 bits per heavy atom. The topological polar surface area (TPSA) is 83.5 Å². The number of amidine groups is 1. The predicted octanol–water partition coefficient (Wildman–Crippen LogP) is 1.55. The first-order valence-corrected chi connectivity index (χ1v) is 7.72. The highest BCUT2D eigenvalue weighted by atomic mass is 32.2. The maximum Gasteiger partial charge on any atom is 0.188 e. The summed E-state index contributed by atoms with van der Waals surface area (Å²) in [7, 11) is 0. The molecule has 0 radical (unpaired) electrons. The number of hydrogen-bond acceptors (Lipinski definition) is 5. The Hall–Kier alpha value is -1.27. The van der Waals surface area contributed by atoms with Crippen LogP contribution in [-0.4, -0.2) is 33.6 Å². The minimum absolute atomic E-state index is 0.0460. The van der Waals surface area contributed by atoms with E-state index in [0.717, 1.165) is 12.1 Å². The van der Waals surface area contributed by atoms with E-state index in [9.17, 15) is 0 Å². The van der Waals surface area contributed by atoms with Gasteiger partial charge in [-0.15, -0.1) is 0 Å². The molecule has 0 aromatic carbocycles. The Morgan fingerprint density at radius 3 is 3.21 bits per heavy atom. The Balaban J connectivity index is 1.96. The largest absolute Gasteiger partial charge is 0.409 e. The molecule has 104 valence electrons. The number of pyridine rings is 1. The summed E-state index contributed by atoms with van der Waals surface area (Å²) in [5.74, 6) is 0.0460. The smallest absolute Gasteiger partial charge is 0.188 e. The van der Waals surface area contributed by atoms with Gasteiger partial charge in [0, 0.05) is 24.0 Å². The van der Waals surface area contributed by atoms with Crippen LogP contribution in [0.4, 0.5) is 0 Å². The lowest BCUT2D eigenvalue weighted by atomic mass is 10.2. The van der Waals surface area contributed by atoms with Crippen LogP contribution in [0.1, 0.15) is 30.5 Å². The van der Waals surface area contributed by atoms with Crippen molar-refractivity contribution in [2.75, 3.05) is 6.26 Å². The fraction of sp³-hybridized carbons (Fsp3) is 0.538. The molecule has 0 aliphatic heterocycles. The van der Waals surface area contributed by atoms with Gasteiger partial charge in [-0.2, -0.15) is 11.8 Å². The first-order valence-electron chi connectivity index (χ1n) is 6.43. The summed E-state index contributed by atoms with van der Waals surface area (Å²) in [6.07, 6.45) is 7.70. The van der Waals surface area contributed by atoms with Crippen molar-refractivity contribution in [1.82, 2.24) is 10.3 Å². The van der Waals surface area contributed by atoms with E-state index >= 15 is 0 Å². The summed E-state index contributed by atoms with van der Waals surface area (Å²) < 4.78 is 0. The number of rotatable bonds is 5. The SMILES string of the molecule is CSC1CCCC1NCc1ccnc(/C(N)=N/O)c1. The number of oxime groups is 1. The quantitative estimate of drug-likeness (QED) is 0.330. The van der Waals surface area contributed by atoms with E-state index in [4.69, 9.17) is 10.9 Å². The molecule has 0 spiro atoms. The molecule has 2 atom stereocenters. The van der Waals surface area contributed by atoms with Gasteiger partial charge in [-0.1, -0.05) is 11.6 Å². The molecule has 5 nitrogen and oxygen atoms in total. The lowest BCUT2D eigenvalue weighted by Gasteiger charge is -2.19. The summed E-state index contributed by atoms with van der Waals surface area (Å²) in [5.41, 5.74) is 7.15. The molecule has 0 amide bonds. The van der Waals surface area contributed by atoms with E-state index in [-0.39, 0.29) is 5.84 Å². The monoisotopic (exact) mass is 280 g/mol. The average Bonchev–Trinajstić information content (AvgIpc) is 2.92. The molecular weight excluding hydrogens is 260 g/mol. The van der Waals surface area contributed by atoms with E-state index in [1.165, 1.54) is 19.3 Å². The minimum Gasteiger partial charge on any atom is -0.409 e. The molecule has 1 aliphatic rings. The highest BCUT2D eigenvalue weighted by Crippen LogP contribution is 2.28. The third-order valence-corrected chi connectivity index (χ3v) is 4.69. The van der Waals surface area contributed by atoms with Gasteiger partial charge in [-0.05, 0) is 36.8 Å². The van der Waals surface area contributed by atoms with Gasteiger partial charge in [-0.3, -0.25) is 4.98 Å². The molecule has 2 unspecified atom stereocenters. The zero-order valence-corrected chi connectivity index (χ0v) is 11.9. The van der Waals surface area contributed by atoms with Crippen molar-refractivity contribution in [2.24, 2.45) is 10.9 Å². The van der Waals surface area contributed by atoms with Crippen LogP contribution in [0.2, 0.25) is 0 Å². The van der Waals surface area contributed by atoms with Crippen molar-refractivity contribution in [3.8, 4) is 0 Å². The highest BCUT2D eigenvalue weighted by Gasteiger charge is 2.25. The van der Waals surface area contributed by atoms with Crippen LogP contribution in [0.15, 0.2) is 23.5 Å². The summed E-state index contributed by atoms with van der Waals surface area (Å²) in [6.45, 7) is 0.788. The van der Waals surface area contributed by atoms with Crippen LogP contribution < -0.4 is 11.1 Å². The molecule has 1 fully saturated rings. The fourth-order valence-corrected chi connectivity index (χ4v) is 3.43. The molecule has 1 aliphatic carbocycles. The van der Waals surface area contributed by atoms with Gasteiger partial charge >= 0.3 is 0 Å². The summed E-state index contributed by atoms with van der Waals surface area (Å²) >= 11 is 1.94. The summed E-state index contributed by atoms with van der Waals surface area (Å²) in [5, 5.41) is 15.9. The van der Waals surface area contributed by atoms with Crippen molar-refractivity contribution < 1.29 is 5.21 Å². The molecule has 19 heavy (non-hydrogen) atoms. The molecule has 4 N–H and O–H groups in total. The number of nitrogens with two attached hydrogens (primary N) is 1. The normalized spacial score (nSPS) is 23.7. The van der Waals surface area contributed by atoms with Crippen LogP contribution in [0.25, 0.3) is 0 Å². The third kappa shape index (κ3) is 3.61. The molecule has 1 saturated carbocycles. The maximum atomic E-state index is 8.65. The number of nitrogens with one attached hydrogen (secondary N) is 1. The fourth-order valence-electron chi connectivity index (χ4n) is 2.47. The summed E-state index contributed by atoms with van der Waals surface area (Å²) in [6, 6.07) is 4.38. The molecule has 0 bridgehead atoms. The van der Waals surface area contributed by atoms with E-state index < -0.39 is 0 Å². The van der Waals surface area contributed by atoms with E-state index in [1.807, 2.05) is 23.9 Å². The van der Waals surface area contributed by atoms with Crippen molar-refractivity contribution in [2.45, 2.75) is 37.1 Å². The number of aromatic nitrogens is 1. The van der Waals surface area contributed by atoms with Crippen LogP contribution in [0, 0.1) is 0 Å². The molecule has 1 aromatic heterocycles. The van der Waals surface area contributed by atoms with Gasteiger partial charge in [0.15, 0.2) is 5.84 Å². The van der Waals surface area contributed by atoms with Crippen LogP contribution in [0.3, 0.4) is 0 Å². The number of hydrogen-bond donors (Lipinski definition) is 3. The Kier molecular flexibility index (Phi) is 5.04. The first kappa shape index (κ1) is 14.1. The number of thioether (sulfide) groups is 1. The second-order valence-corrected chi connectivity index (χ2v) is 5.80. The average molecular weight is 280 g/mol. The van der Waals surface area contributed by atoms with Gasteiger partial charge in [0.2, 0.25) is 0 Å². The summed E-state index contributed by atoms with van der Waals surface area (Å²) in [4.78, 5) is 4.07. The van der Waals surface area contributed by atoms with Crippen molar-refractivity contribution in [3.63, 3.8) is 0 Å². The maximum absolute atomic E-state index is 8.65. The highest BCUT2D eigenvalue weighted by molar-refractivity contribution is 7.99. The third-order valence-electron chi connectivity index (χ3n) is 3.52. The Morgan fingerprint density at radius 1 is 1.63 bits per heavy atom. The van der Waals surface area contributed by atoms with Crippen molar-refractivity contribution in [3.05, 3.63) is 29.6 Å². The minimum atomic E-state index is 0.0460. The molecule has 1 heterocycles. The Bertz CT molecular complexity index is 452. The van der Waals surface area contributed by atoms with Gasteiger partial charge in [0.25, 0.3) is 0 Å². The van der Waals surface area contributed by atoms with E-state index in [2.05, 4.69) is 21.7 Å². The molecular formula is C13H20N4OS. The van der Waals surface area contributed by atoms with E-state index in [0.29, 0.717) is 17.0 Å². The van der Waals surface area contributed by atoms with Crippen LogP contribution in [-0.2, 0) is 6.54 Å². The zero-order valence-electron chi connectivity index (χ0n) is 11.0. The molecule has 2 rings (SSSR count). The van der Waals surface area contributed by atoms with Crippen LogP contribution in [0.5, 0.6) is 0 Å². The molecule has 1 aromatic rings. The second kappa shape index (κ2) is 6.77. The lowest BCUT2D eigenvalue weighted by Crippen LogP contribution is -2.33. The van der Waals surface area contributed by atoms with Gasteiger partial charge in [0.1, 0.15) is 5.69 Å². The molecule has 0 saturated heterocycles.